The molecule has 2 N–H and O–H groups in total. The van der Waals surface area contributed by atoms with Crippen LogP contribution in [0.3, 0.4) is 0 Å². The van der Waals surface area contributed by atoms with E-state index in [9.17, 15) is 4.79 Å². The lowest BCUT2D eigenvalue weighted by atomic mass is 10.1. The maximum absolute atomic E-state index is 11.1. The molecule has 5 nitrogen and oxygen atoms in total. The van der Waals surface area contributed by atoms with Crippen LogP contribution in [0.4, 0.5) is 5.69 Å². The molecule has 5 heteroatoms. The first-order chi connectivity index (χ1) is 9.08. The van der Waals surface area contributed by atoms with E-state index in [1.165, 1.54) is 6.92 Å². The Hall–Kier alpha value is -1.43. The summed E-state index contributed by atoms with van der Waals surface area (Å²) in [5.74, 6) is -0.0767. The molecular weight excluding hydrogens is 244 g/mol. The zero-order valence-corrected chi connectivity index (χ0v) is 11.9. The molecule has 106 valence electrons. The van der Waals surface area contributed by atoms with Gasteiger partial charge < -0.3 is 20.1 Å². The highest BCUT2D eigenvalue weighted by atomic mass is 16.7. The van der Waals surface area contributed by atoms with Gasteiger partial charge in [-0.25, -0.2) is 0 Å². The molecule has 0 radical (unpaired) electrons. The molecule has 0 bridgehead atoms. The summed E-state index contributed by atoms with van der Waals surface area (Å²) < 4.78 is 10.4. The number of carbonyl (C=O) groups excluding carboxylic acids is 1. The fourth-order valence-corrected chi connectivity index (χ4v) is 1.86. The van der Waals surface area contributed by atoms with Crippen molar-refractivity contribution in [3.05, 3.63) is 29.8 Å². The third kappa shape index (κ3) is 4.98. The summed E-state index contributed by atoms with van der Waals surface area (Å²) in [6.45, 7) is 4.11. The number of amides is 1. The van der Waals surface area contributed by atoms with Crippen LogP contribution in [0.15, 0.2) is 24.3 Å². The van der Waals surface area contributed by atoms with Gasteiger partial charge in [-0.3, -0.25) is 4.79 Å². The Morgan fingerprint density at radius 3 is 2.47 bits per heavy atom. The lowest BCUT2D eigenvalue weighted by Gasteiger charge is -2.22. The van der Waals surface area contributed by atoms with Gasteiger partial charge in [0.2, 0.25) is 5.91 Å². The first kappa shape index (κ1) is 15.6. The van der Waals surface area contributed by atoms with Gasteiger partial charge in [-0.15, -0.1) is 0 Å². The van der Waals surface area contributed by atoms with Crippen LogP contribution in [0.1, 0.15) is 19.4 Å². The third-order valence-corrected chi connectivity index (χ3v) is 2.82. The van der Waals surface area contributed by atoms with Crippen molar-refractivity contribution >= 4 is 11.6 Å². The topological polar surface area (TPSA) is 59.6 Å². The first-order valence-electron chi connectivity index (χ1n) is 6.23. The molecule has 0 aromatic heterocycles. The molecule has 1 aromatic rings. The molecule has 1 aromatic carbocycles. The summed E-state index contributed by atoms with van der Waals surface area (Å²) in [6, 6.07) is 7.73. The monoisotopic (exact) mass is 266 g/mol. The lowest BCUT2D eigenvalue weighted by Crippen LogP contribution is -2.39. The Balaban J connectivity index is 2.64. The van der Waals surface area contributed by atoms with Crippen molar-refractivity contribution in [1.29, 1.82) is 0 Å². The van der Waals surface area contributed by atoms with Gasteiger partial charge in [-0.1, -0.05) is 18.2 Å². The molecule has 19 heavy (non-hydrogen) atoms. The molecule has 0 aliphatic heterocycles. The molecule has 0 fully saturated rings. The predicted molar refractivity (Wildman–Crippen MR) is 74.9 cm³/mol. The predicted octanol–water partition coefficient (Wildman–Crippen LogP) is 1.74. The number of nitrogens with one attached hydrogen (secondary N) is 2. The van der Waals surface area contributed by atoms with Crippen molar-refractivity contribution in [2.45, 2.75) is 32.7 Å². The summed E-state index contributed by atoms with van der Waals surface area (Å²) in [6.07, 6.45) is -0.298. The van der Waals surface area contributed by atoms with Crippen molar-refractivity contribution in [1.82, 2.24) is 5.32 Å². The second-order valence-electron chi connectivity index (χ2n) is 4.35. The number of methoxy groups -OCH3 is 2. The number of hydrogen-bond acceptors (Lipinski definition) is 4. The van der Waals surface area contributed by atoms with Gasteiger partial charge in [0.15, 0.2) is 6.29 Å². The molecule has 1 rings (SSSR count). The van der Waals surface area contributed by atoms with E-state index < -0.39 is 0 Å². The van der Waals surface area contributed by atoms with Crippen molar-refractivity contribution in [2.24, 2.45) is 0 Å². The van der Waals surface area contributed by atoms with Gasteiger partial charge in [-0.2, -0.15) is 0 Å². The lowest BCUT2D eigenvalue weighted by molar-refractivity contribution is -0.119. The average molecular weight is 266 g/mol. The third-order valence-electron chi connectivity index (χ3n) is 2.82. The van der Waals surface area contributed by atoms with Crippen molar-refractivity contribution in [3.63, 3.8) is 0 Å². The number of carbonyl (C=O) groups is 1. The number of ether oxygens (including phenoxy) is 2. The minimum absolute atomic E-state index is 0.0420. The van der Waals surface area contributed by atoms with E-state index >= 15 is 0 Å². The number of hydrogen-bond donors (Lipinski definition) is 2. The van der Waals surface area contributed by atoms with Crippen LogP contribution in [-0.4, -0.2) is 32.5 Å². The van der Waals surface area contributed by atoms with Crippen LogP contribution in [0.2, 0.25) is 0 Å². The second kappa shape index (κ2) is 7.89. The molecule has 0 aliphatic rings. The Labute approximate surface area is 114 Å². The number of anilines is 1. The summed E-state index contributed by atoms with van der Waals surface area (Å²) in [5, 5.41) is 6.13. The average Bonchev–Trinajstić information content (AvgIpc) is 2.38. The van der Waals surface area contributed by atoms with Gasteiger partial charge in [-0.05, 0) is 18.6 Å². The van der Waals surface area contributed by atoms with E-state index in [1.54, 1.807) is 14.2 Å². The molecule has 0 spiro atoms. The van der Waals surface area contributed by atoms with Gasteiger partial charge in [0.05, 0.1) is 6.04 Å². The highest BCUT2D eigenvalue weighted by molar-refractivity contribution is 5.89. The molecule has 0 heterocycles. The van der Waals surface area contributed by atoms with Crippen LogP contribution >= 0.6 is 0 Å². The summed E-state index contributed by atoms with van der Waals surface area (Å²) in [4.78, 5) is 11.1. The van der Waals surface area contributed by atoms with Crippen LogP contribution in [0.5, 0.6) is 0 Å². The quantitative estimate of drug-likeness (QED) is 0.738. The van der Waals surface area contributed by atoms with Crippen molar-refractivity contribution < 1.29 is 14.3 Å². The minimum atomic E-state index is -0.298. The smallest absolute Gasteiger partial charge is 0.221 e. The maximum Gasteiger partial charge on any atom is 0.221 e. The minimum Gasteiger partial charge on any atom is -0.354 e. The van der Waals surface area contributed by atoms with Crippen LogP contribution in [0.25, 0.3) is 0 Å². The Kier molecular flexibility index (Phi) is 6.49. The molecule has 0 saturated heterocycles. The SMILES string of the molecule is COC(OC)C(C)NCc1ccccc1NC(C)=O. The van der Waals surface area contributed by atoms with Crippen LogP contribution < -0.4 is 10.6 Å². The van der Waals surface area contributed by atoms with Gasteiger partial charge >= 0.3 is 0 Å². The van der Waals surface area contributed by atoms with Gasteiger partial charge in [0, 0.05) is 33.4 Å². The van der Waals surface area contributed by atoms with E-state index in [4.69, 9.17) is 9.47 Å². The van der Waals surface area contributed by atoms with E-state index in [0.717, 1.165) is 11.3 Å². The fraction of sp³-hybridized carbons (Fsp3) is 0.500. The Morgan fingerprint density at radius 1 is 1.26 bits per heavy atom. The summed E-state index contributed by atoms with van der Waals surface area (Å²) in [7, 11) is 3.22. The molecule has 0 aliphatic carbocycles. The molecule has 0 saturated carbocycles. The Morgan fingerprint density at radius 2 is 1.89 bits per heavy atom. The largest absolute Gasteiger partial charge is 0.354 e. The zero-order valence-electron chi connectivity index (χ0n) is 11.9. The van der Waals surface area contributed by atoms with Gasteiger partial charge in [0.25, 0.3) is 0 Å². The molecule has 1 amide bonds. The second-order valence-corrected chi connectivity index (χ2v) is 4.35. The highest BCUT2D eigenvalue weighted by Crippen LogP contribution is 2.15. The number of rotatable bonds is 7. The van der Waals surface area contributed by atoms with E-state index in [1.807, 2.05) is 31.2 Å². The van der Waals surface area contributed by atoms with Crippen molar-refractivity contribution in [2.75, 3.05) is 19.5 Å². The van der Waals surface area contributed by atoms with Crippen molar-refractivity contribution in [3.8, 4) is 0 Å². The molecule has 1 atom stereocenters. The van der Waals surface area contributed by atoms with E-state index in [-0.39, 0.29) is 18.2 Å². The van der Waals surface area contributed by atoms with Crippen LogP contribution in [0, 0.1) is 0 Å². The van der Waals surface area contributed by atoms with E-state index in [2.05, 4.69) is 10.6 Å². The zero-order chi connectivity index (χ0) is 14.3. The first-order valence-corrected chi connectivity index (χ1v) is 6.23. The maximum atomic E-state index is 11.1. The molecular formula is C14H22N2O3. The van der Waals surface area contributed by atoms with Crippen LogP contribution in [-0.2, 0) is 20.8 Å². The number of benzene rings is 1. The van der Waals surface area contributed by atoms with E-state index in [0.29, 0.717) is 6.54 Å². The fourth-order valence-electron chi connectivity index (χ4n) is 1.86. The summed E-state index contributed by atoms with van der Waals surface area (Å²) >= 11 is 0. The highest BCUT2D eigenvalue weighted by Gasteiger charge is 2.15. The molecule has 1 unspecified atom stereocenters. The summed E-state index contributed by atoms with van der Waals surface area (Å²) in [5.41, 5.74) is 1.84. The van der Waals surface area contributed by atoms with Gasteiger partial charge in [0.1, 0.15) is 0 Å². The standard InChI is InChI=1S/C14H22N2O3/c1-10(14(18-3)19-4)15-9-12-7-5-6-8-13(12)16-11(2)17/h5-8,10,14-15H,9H2,1-4H3,(H,16,17). The Bertz CT molecular complexity index is 405. The number of para-hydroxylation sites is 1. The normalized spacial score (nSPS) is 12.5.